The molecule has 2 aromatic rings. The summed E-state index contributed by atoms with van der Waals surface area (Å²) in [6, 6.07) is 7.20. The van der Waals surface area contributed by atoms with Crippen LogP contribution in [0.25, 0.3) is 5.69 Å². The molecule has 6 heteroatoms. The number of hydrogen-bond acceptors (Lipinski definition) is 4. The summed E-state index contributed by atoms with van der Waals surface area (Å²) in [6.07, 6.45) is 0. The molecule has 2 rings (SSSR count). The average Bonchev–Trinajstić information content (AvgIpc) is 2.80. The van der Waals surface area contributed by atoms with Gasteiger partial charge >= 0.3 is 0 Å². The van der Waals surface area contributed by atoms with E-state index < -0.39 is 0 Å². The molecule has 21 heavy (non-hydrogen) atoms. The molecule has 0 aliphatic carbocycles. The van der Waals surface area contributed by atoms with Crippen LogP contribution < -0.4 is 10.3 Å². The molecule has 2 N–H and O–H groups in total. The minimum absolute atomic E-state index is 0.0342. The Morgan fingerprint density at radius 1 is 1.38 bits per heavy atom. The Kier molecular flexibility index (Phi) is 4.59. The summed E-state index contributed by atoms with van der Waals surface area (Å²) < 4.78 is 6.58. The van der Waals surface area contributed by atoms with E-state index in [1.54, 1.807) is 38.3 Å². The number of benzene rings is 1. The van der Waals surface area contributed by atoms with Gasteiger partial charge in [-0.05, 0) is 38.1 Å². The van der Waals surface area contributed by atoms with Gasteiger partial charge in [-0.1, -0.05) is 0 Å². The van der Waals surface area contributed by atoms with E-state index in [0.29, 0.717) is 17.8 Å². The zero-order valence-electron chi connectivity index (χ0n) is 12.4. The molecule has 0 spiro atoms. The number of rotatable bonds is 5. The lowest BCUT2D eigenvalue weighted by Crippen LogP contribution is -2.20. The molecule has 1 heterocycles. The van der Waals surface area contributed by atoms with Crippen molar-refractivity contribution in [2.45, 2.75) is 13.8 Å². The fourth-order valence-corrected chi connectivity index (χ4v) is 2.18. The smallest absolute Gasteiger partial charge is 0.280 e. The van der Waals surface area contributed by atoms with Gasteiger partial charge in [0.15, 0.2) is 0 Å². The zero-order valence-corrected chi connectivity index (χ0v) is 12.4. The topological polar surface area (TPSA) is 79.6 Å². The van der Waals surface area contributed by atoms with Gasteiger partial charge in [0, 0.05) is 11.4 Å². The molecule has 0 amide bonds. The van der Waals surface area contributed by atoms with Gasteiger partial charge in [0.2, 0.25) is 0 Å². The zero-order chi connectivity index (χ0) is 15.4. The number of aromatic amines is 1. The minimum Gasteiger partial charge on any atom is -0.497 e. The molecule has 0 atom stereocenters. The molecule has 1 aromatic carbocycles. The van der Waals surface area contributed by atoms with Crippen molar-refractivity contribution < 1.29 is 9.84 Å². The standard InChI is InChI=1S/C15H19N3O3/c1-10(16-8-9-19)14-11(2)17-18(15(14)20)12-4-6-13(21-3)7-5-12/h4-7,17,19H,8-9H2,1-3H3. The van der Waals surface area contributed by atoms with Gasteiger partial charge in [-0.15, -0.1) is 0 Å². The number of H-pyrrole nitrogens is 1. The third-order valence-corrected chi connectivity index (χ3v) is 3.21. The van der Waals surface area contributed by atoms with Crippen molar-refractivity contribution in [2.24, 2.45) is 4.99 Å². The highest BCUT2D eigenvalue weighted by atomic mass is 16.5. The third kappa shape index (κ3) is 3.05. The number of aliphatic hydroxyl groups is 1. The van der Waals surface area contributed by atoms with Gasteiger partial charge in [-0.2, -0.15) is 0 Å². The molecule has 6 nitrogen and oxygen atoms in total. The summed E-state index contributed by atoms with van der Waals surface area (Å²) in [5.41, 5.74) is 2.48. The van der Waals surface area contributed by atoms with E-state index in [2.05, 4.69) is 10.1 Å². The van der Waals surface area contributed by atoms with E-state index in [4.69, 9.17) is 9.84 Å². The fourth-order valence-electron chi connectivity index (χ4n) is 2.18. The summed E-state index contributed by atoms with van der Waals surface area (Å²) in [6.45, 7) is 3.85. The van der Waals surface area contributed by atoms with Crippen LogP contribution in [0.3, 0.4) is 0 Å². The van der Waals surface area contributed by atoms with Crippen LogP contribution in [-0.2, 0) is 0 Å². The molecule has 0 saturated carbocycles. The van der Waals surface area contributed by atoms with Crippen LogP contribution in [0.4, 0.5) is 0 Å². The molecule has 0 aliphatic heterocycles. The van der Waals surface area contributed by atoms with Crippen LogP contribution in [0.1, 0.15) is 18.2 Å². The van der Waals surface area contributed by atoms with Gasteiger partial charge < -0.3 is 9.84 Å². The maximum Gasteiger partial charge on any atom is 0.280 e. The van der Waals surface area contributed by atoms with Crippen molar-refractivity contribution in [1.29, 1.82) is 0 Å². The van der Waals surface area contributed by atoms with E-state index in [1.165, 1.54) is 4.68 Å². The second-order valence-corrected chi connectivity index (χ2v) is 4.64. The Labute approximate surface area is 122 Å². The van der Waals surface area contributed by atoms with E-state index >= 15 is 0 Å². The molecule has 0 unspecified atom stereocenters. The highest BCUT2D eigenvalue weighted by molar-refractivity contribution is 5.99. The van der Waals surface area contributed by atoms with Crippen molar-refractivity contribution in [3.05, 3.63) is 45.9 Å². The van der Waals surface area contributed by atoms with Crippen LogP contribution in [-0.4, -0.2) is 40.9 Å². The minimum atomic E-state index is -0.156. The Morgan fingerprint density at radius 3 is 2.62 bits per heavy atom. The highest BCUT2D eigenvalue weighted by Crippen LogP contribution is 2.14. The van der Waals surface area contributed by atoms with Gasteiger partial charge in [0.25, 0.3) is 5.56 Å². The maximum absolute atomic E-state index is 12.5. The fraction of sp³-hybridized carbons (Fsp3) is 0.333. The number of nitrogens with zero attached hydrogens (tertiary/aromatic N) is 2. The van der Waals surface area contributed by atoms with Gasteiger partial charge in [-0.3, -0.25) is 14.9 Å². The maximum atomic E-state index is 12.5. The van der Waals surface area contributed by atoms with Crippen molar-refractivity contribution in [3.8, 4) is 11.4 Å². The first-order valence-electron chi connectivity index (χ1n) is 6.66. The third-order valence-electron chi connectivity index (χ3n) is 3.21. The van der Waals surface area contributed by atoms with Crippen LogP contribution in [0.5, 0.6) is 5.75 Å². The predicted molar refractivity (Wildman–Crippen MR) is 81.8 cm³/mol. The number of hydrogen-bond donors (Lipinski definition) is 2. The number of aromatic nitrogens is 2. The molecule has 0 saturated heterocycles. The monoisotopic (exact) mass is 289 g/mol. The predicted octanol–water partition coefficient (Wildman–Crippen LogP) is 1.28. The number of aliphatic hydroxyl groups excluding tert-OH is 1. The molecule has 0 radical (unpaired) electrons. The number of aryl methyl sites for hydroxylation is 1. The van der Waals surface area contributed by atoms with Gasteiger partial charge in [0.05, 0.1) is 31.5 Å². The quantitative estimate of drug-likeness (QED) is 0.814. The molecule has 1 aromatic heterocycles. The molecule has 0 fully saturated rings. The van der Waals surface area contributed by atoms with Crippen molar-refractivity contribution in [3.63, 3.8) is 0 Å². The molecular weight excluding hydrogens is 270 g/mol. The second-order valence-electron chi connectivity index (χ2n) is 4.64. The van der Waals surface area contributed by atoms with Gasteiger partial charge in [0.1, 0.15) is 5.75 Å². The lowest BCUT2D eigenvalue weighted by Gasteiger charge is -2.03. The Hall–Kier alpha value is -2.34. The molecule has 0 aliphatic rings. The SMILES string of the molecule is COc1ccc(-n2[nH]c(C)c(C(C)=NCCO)c2=O)cc1. The van der Waals surface area contributed by atoms with Gasteiger partial charge in [-0.25, -0.2) is 4.68 Å². The van der Waals surface area contributed by atoms with E-state index in [0.717, 1.165) is 17.1 Å². The molecule has 112 valence electrons. The van der Waals surface area contributed by atoms with E-state index in [9.17, 15) is 4.79 Å². The average molecular weight is 289 g/mol. The Balaban J connectivity index is 2.45. The summed E-state index contributed by atoms with van der Waals surface area (Å²) in [4.78, 5) is 16.7. The lowest BCUT2D eigenvalue weighted by molar-refractivity contribution is 0.307. The number of aliphatic imine (C=N–C) groups is 1. The number of nitrogens with one attached hydrogen (secondary N) is 1. The summed E-state index contributed by atoms with van der Waals surface area (Å²) >= 11 is 0. The Bertz CT molecular complexity index is 696. The van der Waals surface area contributed by atoms with Crippen LogP contribution >= 0.6 is 0 Å². The summed E-state index contributed by atoms with van der Waals surface area (Å²) in [5, 5.41) is 11.9. The van der Waals surface area contributed by atoms with Crippen LogP contribution in [0.2, 0.25) is 0 Å². The number of ether oxygens (including phenoxy) is 1. The second kappa shape index (κ2) is 6.41. The van der Waals surface area contributed by atoms with Crippen LogP contribution in [0, 0.1) is 6.92 Å². The molecule has 0 bridgehead atoms. The van der Waals surface area contributed by atoms with Crippen LogP contribution in [0.15, 0.2) is 34.1 Å². The first kappa shape index (κ1) is 15.1. The van der Waals surface area contributed by atoms with Crippen molar-refractivity contribution in [2.75, 3.05) is 20.3 Å². The Morgan fingerprint density at radius 2 is 2.05 bits per heavy atom. The van der Waals surface area contributed by atoms with Crippen molar-refractivity contribution in [1.82, 2.24) is 9.78 Å². The first-order chi connectivity index (χ1) is 10.1. The summed E-state index contributed by atoms with van der Waals surface area (Å²) in [7, 11) is 1.60. The number of methoxy groups -OCH3 is 1. The molecular formula is C15H19N3O3. The lowest BCUT2D eigenvalue weighted by atomic mass is 10.2. The highest BCUT2D eigenvalue weighted by Gasteiger charge is 2.14. The normalized spacial score (nSPS) is 11.7. The van der Waals surface area contributed by atoms with E-state index in [1.807, 2.05) is 6.92 Å². The first-order valence-corrected chi connectivity index (χ1v) is 6.66. The van der Waals surface area contributed by atoms with E-state index in [-0.39, 0.29) is 12.2 Å². The van der Waals surface area contributed by atoms with Crippen molar-refractivity contribution >= 4 is 5.71 Å². The largest absolute Gasteiger partial charge is 0.497 e. The summed E-state index contributed by atoms with van der Waals surface area (Å²) in [5.74, 6) is 0.732.